The van der Waals surface area contributed by atoms with Crippen LogP contribution in [0.5, 0.6) is 0 Å². The quantitative estimate of drug-likeness (QED) is 0.225. The zero-order chi connectivity index (χ0) is 13.8. The Bertz CT molecular complexity index is 356. The zero-order valence-electron chi connectivity index (χ0n) is 9.49. The van der Waals surface area contributed by atoms with Crippen molar-refractivity contribution in [2.45, 2.75) is 18.4 Å². The van der Waals surface area contributed by atoms with E-state index in [1.165, 1.54) is 0 Å². The van der Waals surface area contributed by atoms with Crippen LogP contribution in [0.4, 0.5) is 0 Å². The number of carbonyl (C=O) groups is 4. The molecule has 0 saturated heterocycles. The van der Waals surface area contributed by atoms with Crippen LogP contribution in [0.15, 0.2) is 0 Å². The first-order chi connectivity index (χ1) is 7.62. The summed E-state index contributed by atoms with van der Waals surface area (Å²) < 4.78 is 0. The molecule has 10 heteroatoms. The SMILES string of the molecule is NC(CCC(=O)O)(C(=O)O)C(C(=O)O)C(=O)O.[Na+]. The van der Waals surface area contributed by atoms with Gasteiger partial charge in [0, 0.05) is 6.42 Å². The van der Waals surface area contributed by atoms with Crippen molar-refractivity contribution in [3.05, 3.63) is 0 Å². The molecule has 96 valence electrons. The summed E-state index contributed by atoms with van der Waals surface area (Å²) in [4.78, 5) is 42.5. The molecule has 0 rings (SSSR count). The summed E-state index contributed by atoms with van der Waals surface area (Å²) in [6.45, 7) is 0. The van der Waals surface area contributed by atoms with Crippen LogP contribution in [0.2, 0.25) is 0 Å². The van der Waals surface area contributed by atoms with Crippen molar-refractivity contribution in [3.63, 3.8) is 0 Å². The van der Waals surface area contributed by atoms with Gasteiger partial charge in [-0.1, -0.05) is 0 Å². The number of rotatable bonds is 7. The van der Waals surface area contributed by atoms with Gasteiger partial charge in [0.15, 0.2) is 5.92 Å². The molecule has 0 bridgehead atoms. The molecule has 0 saturated carbocycles. The molecule has 18 heavy (non-hydrogen) atoms. The fourth-order valence-electron chi connectivity index (χ4n) is 1.23. The number of carboxylic acids is 4. The molecule has 0 heterocycles. The van der Waals surface area contributed by atoms with Crippen LogP contribution in [0, 0.1) is 5.92 Å². The van der Waals surface area contributed by atoms with Gasteiger partial charge in [0.05, 0.1) is 0 Å². The third-order valence-corrected chi connectivity index (χ3v) is 2.16. The molecule has 0 amide bonds. The molecule has 0 aromatic rings. The van der Waals surface area contributed by atoms with Gasteiger partial charge in [-0.2, -0.15) is 0 Å². The first-order valence-corrected chi connectivity index (χ1v) is 4.32. The maximum Gasteiger partial charge on any atom is 1.00 e. The molecule has 0 aliphatic rings. The first-order valence-electron chi connectivity index (χ1n) is 4.32. The van der Waals surface area contributed by atoms with E-state index >= 15 is 0 Å². The van der Waals surface area contributed by atoms with Crippen molar-refractivity contribution in [1.29, 1.82) is 0 Å². The molecular weight excluding hydrogens is 261 g/mol. The summed E-state index contributed by atoms with van der Waals surface area (Å²) >= 11 is 0. The van der Waals surface area contributed by atoms with E-state index in [-0.39, 0.29) is 29.6 Å². The standard InChI is InChI=1S/C8H11NO8.Na/c9-8(7(16)17,2-1-3(10)11)4(5(12)13)6(14)15;/h4H,1-2,9H2,(H,10,11)(H,12,13)(H,14,15)(H,16,17);/q;+1. The Morgan fingerprint density at radius 1 is 1.00 bits per heavy atom. The molecule has 0 radical (unpaired) electrons. The van der Waals surface area contributed by atoms with Gasteiger partial charge in [-0.3, -0.25) is 19.2 Å². The van der Waals surface area contributed by atoms with E-state index in [4.69, 9.17) is 26.2 Å². The average Bonchev–Trinajstić information content (AvgIpc) is 2.13. The van der Waals surface area contributed by atoms with Crippen LogP contribution in [-0.2, 0) is 19.2 Å². The van der Waals surface area contributed by atoms with E-state index in [0.29, 0.717) is 0 Å². The van der Waals surface area contributed by atoms with Crippen LogP contribution < -0.4 is 35.3 Å². The molecule has 6 N–H and O–H groups in total. The summed E-state index contributed by atoms with van der Waals surface area (Å²) in [6.07, 6.45) is -1.55. The molecule has 0 aromatic heterocycles. The van der Waals surface area contributed by atoms with Gasteiger partial charge >= 0.3 is 53.4 Å². The van der Waals surface area contributed by atoms with E-state index in [1.807, 2.05) is 0 Å². The molecule has 1 atom stereocenters. The smallest absolute Gasteiger partial charge is 0.481 e. The molecule has 0 spiro atoms. The van der Waals surface area contributed by atoms with Crippen molar-refractivity contribution < 1.29 is 69.2 Å². The van der Waals surface area contributed by atoms with E-state index in [9.17, 15) is 19.2 Å². The summed E-state index contributed by atoms with van der Waals surface area (Å²) in [5, 5.41) is 34.4. The Labute approximate surface area is 123 Å². The summed E-state index contributed by atoms with van der Waals surface area (Å²) in [6, 6.07) is 0. The fraction of sp³-hybridized carbons (Fsp3) is 0.500. The average molecular weight is 272 g/mol. The Balaban J connectivity index is 0. The second-order valence-electron chi connectivity index (χ2n) is 3.35. The molecular formula is C8H11NNaO8+. The van der Waals surface area contributed by atoms with Gasteiger partial charge in [-0.15, -0.1) is 0 Å². The Morgan fingerprint density at radius 2 is 1.39 bits per heavy atom. The minimum atomic E-state index is -2.67. The monoisotopic (exact) mass is 272 g/mol. The van der Waals surface area contributed by atoms with E-state index in [2.05, 4.69) is 0 Å². The van der Waals surface area contributed by atoms with E-state index in [1.54, 1.807) is 0 Å². The number of hydrogen-bond donors (Lipinski definition) is 5. The largest absolute Gasteiger partial charge is 1.00 e. The Hall–Kier alpha value is -1.16. The van der Waals surface area contributed by atoms with Gasteiger partial charge in [-0.25, -0.2) is 0 Å². The predicted octanol–water partition coefficient (Wildman–Crippen LogP) is -4.58. The molecule has 0 fully saturated rings. The maximum absolute atomic E-state index is 10.8. The molecule has 0 aromatic carbocycles. The van der Waals surface area contributed by atoms with Crippen molar-refractivity contribution in [3.8, 4) is 0 Å². The van der Waals surface area contributed by atoms with Crippen LogP contribution in [-0.4, -0.2) is 49.8 Å². The van der Waals surface area contributed by atoms with Crippen molar-refractivity contribution in [2.75, 3.05) is 0 Å². The van der Waals surface area contributed by atoms with Crippen LogP contribution >= 0.6 is 0 Å². The zero-order valence-corrected chi connectivity index (χ0v) is 11.5. The summed E-state index contributed by atoms with van der Waals surface area (Å²) in [5.74, 6) is -9.58. The number of hydrogen-bond acceptors (Lipinski definition) is 5. The van der Waals surface area contributed by atoms with Gasteiger partial charge in [0.2, 0.25) is 0 Å². The maximum atomic E-state index is 10.8. The van der Waals surface area contributed by atoms with Gasteiger partial charge < -0.3 is 26.2 Å². The summed E-state index contributed by atoms with van der Waals surface area (Å²) in [5.41, 5.74) is 2.54. The Kier molecular flexibility index (Phi) is 7.80. The number of nitrogens with two attached hydrogens (primary N) is 1. The van der Waals surface area contributed by atoms with Crippen molar-refractivity contribution >= 4 is 23.9 Å². The summed E-state index contributed by atoms with van der Waals surface area (Å²) in [7, 11) is 0. The van der Waals surface area contributed by atoms with Crippen molar-refractivity contribution in [1.82, 2.24) is 0 Å². The van der Waals surface area contributed by atoms with Crippen LogP contribution in [0.3, 0.4) is 0 Å². The minimum absolute atomic E-state index is 0. The van der Waals surface area contributed by atoms with Gasteiger partial charge in [0.1, 0.15) is 5.54 Å². The topological polar surface area (TPSA) is 175 Å². The van der Waals surface area contributed by atoms with Crippen LogP contribution in [0.25, 0.3) is 0 Å². The molecule has 0 aliphatic carbocycles. The fourth-order valence-corrected chi connectivity index (χ4v) is 1.23. The number of carboxylic acid groups (broad SMARTS) is 4. The molecule has 9 nitrogen and oxygen atoms in total. The van der Waals surface area contributed by atoms with Crippen molar-refractivity contribution in [2.24, 2.45) is 11.7 Å². The Morgan fingerprint density at radius 3 is 1.61 bits per heavy atom. The third kappa shape index (κ3) is 4.61. The second kappa shape index (κ2) is 7.31. The molecule has 0 aliphatic heterocycles. The normalized spacial score (nSPS) is 13.2. The van der Waals surface area contributed by atoms with E-state index < -0.39 is 48.2 Å². The van der Waals surface area contributed by atoms with Crippen LogP contribution in [0.1, 0.15) is 12.8 Å². The third-order valence-electron chi connectivity index (χ3n) is 2.16. The predicted molar refractivity (Wildman–Crippen MR) is 50.2 cm³/mol. The van der Waals surface area contributed by atoms with E-state index in [0.717, 1.165) is 0 Å². The number of aliphatic carboxylic acids is 4. The van der Waals surface area contributed by atoms with Gasteiger partial charge in [-0.05, 0) is 6.42 Å². The molecule has 1 unspecified atom stereocenters. The van der Waals surface area contributed by atoms with Gasteiger partial charge in [0.25, 0.3) is 0 Å². The second-order valence-corrected chi connectivity index (χ2v) is 3.35. The minimum Gasteiger partial charge on any atom is -0.481 e. The first kappa shape index (κ1) is 19.2.